The Morgan fingerprint density at radius 1 is 1.32 bits per heavy atom. The van der Waals surface area contributed by atoms with Crippen molar-refractivity contribution in [2.45, 2.75) is 13.8 Å². The van der Waals surface area contributed by atoms with Gasteiger partial charge in [0.2, 0.25) is 0 Å². The summed E-state index contributed by atoms with van der Waals surface area (Å²) in [6.45, 7) is 3.79. The van der Waals surface area contributed by atoms with Gasteiger partial charge in [0.25, 0.3) is 0 Å². The SMILES string of the molecule is COc1cccc(NC(=O)Nc2n[nH]c(C)c2C)c1. The van der Waals surface area contributed by atoms with Crippen LogP contribution in [0.15, 0.2) is 24.3 Å². The number of ether oxygens (including phenoxy) is 1. The van der Waals surface area contributed by atoms with Gasteiger partial charge in [-0.05, 0) is 26.0 Å². The molecule has 2 amide bonds. The fourth-order valence-electron chi connectivity index (χ4n) is 1.58. The van der Waals surface area contributed by atoms with Crippen LogP contribution < -0.4 is 15.4 Å². The molecule has 100 valence electrons. The lowest BCUT2D eigenvalue weighted by molar-refractivity contribution is 0.262. The van der Waals surface area contributed by atoms with Crippen LogP contribution in [0.5, 0.6) is 5.75 Å². The Bertz CT molecular complexity index is 592. The molecule has 0 atom stereocenters. The van der Waals surface area contributed by atoms with E-state index in [1.54, 1.807) is 25.3 Å². The quantitative estimate of drug-likeness (QED) is 0.793. The number of benzene rings is 1. The van der Waals surface area contributed by atoms with Gasteiger partial charge in [-0.2, -0.15) is 5.10 Å². The number of anilines is 2. The fourth-order valence-corrected chi connectivity index (χ4v) is 1.58. The van der Waals surface area contributed by atoms with Crippen LogP contribution in [0.2, 0.25) is 0 Å². The highest BCUT2D eigenvalue weighted by molar-refractivity contribution is 5.99. The van der Waals surface area contributed by atoms with Gasteiger partial charge >= 0.3 is 6.03 Å². The number of nitrogens with zero attached hydrogens (tertiary/aromatic N) is 1. The summed E-state index contributed by atoms with van der Waals surface area (Å²) >= 11 is 0. The molecule has 1 heterocycles. The number of amides is 2. The van der Waals surface area contributed by atoms with E-state index in [1.165, 1.54) is 0 Å². The maximum absolute atomic E-state index is 11.8. The lowest BCUT2D eigenvalue weighted by Gasteiger charge is -2.07. The van der Waals surface area contributed by atoms with E-state index in [9.17, 15) is 4.79 Å². The van der Waals surface area contributed by atoms with Gasteiger partial charge in [0.15, 0.2) is 5.82 Å². The van der Waals surface area contributed by atoms with Gasteiger partial charge in [0.1, 0.15) is 5.75 Å². The Hall–Kier alpha value is -2.50. The number of carbonyl (C=O) groups excluding carboxylic acids is 1. The van der Waals surface area contributed by atoms with E-state index in [4.69, 9.17) is 4.74 Å². The molecule has 6 heteroatoms. The highest BCUT2D eigenvalue weighted by atomic mass is 16.5. The summed E-state index contributed by atoms with van der Waals surface area (Å²) in [6, 6.07) is 6.79. The van der Waals surface area contributed by atoms with E-state index in [2.05, 4.69) is 20.8 Å². The van der Waals surface area contributed by atoms with Crippen molar-refractivity contribution >= 4 is 17.5 Å². The molecule has 0 saturated heterocycles. The van der Waals surface area contributed by atoms with Crippen molar-refractivity contribution in [3.05, 3.63) is 35.5 Å². The Morgan fingerprint density at radius 3 is 2.74 bits per heavy atom. The molecule has 0 spiro atoms. The Labute approximate surface area is 111 Å². The van der Waals surface area contributed by atoms with Crippen molar-refractivity contribution in [2.75, 3.05) is 17.7 Å². The second kappa shape index (κ2) is 5.43. The molecular formula is C13H16N4O2. The summed E-state index contributed by atoms with van der Waals surface area (Å²) in [4.78, 5) is 11.8. The summed E-state index contributed by atoms with van der Waals surface area (Å²) in [6.07, 6.45) is 0. The van der Waals surface area contributed by atoms with Crippen LogP contribution in [0.3, 0.4) is 0 Å². The second-order valence-electron chi connectivity index (χ2n) is 4.13. The Kier molecular flexibility index (Phi) is 3.70. The first kappa shape index (κ1) is 12.9. The molecule has 0 aliphatic heterocycles. The number of aromatic nitrogens is 2. The van der Waals surface area contributed by atoms with Crippen LogP contribution in [0.1, 0.15) is 11.3 Å². The smallest absolute Gasteiger partial charge is 0.324 e. The number of hydrogen-bond donors (Lipinski definition) is 3. The molecule has 0 bridgehead atoms. The van der Waals surface area contributed by atoms with Crippen LogP contribution in [0.25, 0.3) is 0 Å². The molecule has 0 aliphatic rings. The highest BCUT2D eigenvalue weighted by Gasteiger charge is 2.09. The van der Waals surface area contributed by atoms with Crippen LogP contribution in [-0.4, -0.2) is 23.3 Å². The third-order valence-corrected chi connectivity index (χ3v) is 2.81. The summed E-state index contributed by atoms with van der Waals surface area (Å²) in [7, 11) is 1.58. The van der Waals surface area contributed by atoms with Crippen molar-refractivity contribution in [3.63, 3.8) is 0 Å². The van der Waals surface area contributed by atoms with Gasteiger partial charge in [0, 0.05) is 23.0 Å². The standard InChI is InChI=1S/C13H16N4O2/c1-8-9(2)16-17-12(8)15-13(18)14-10-5-4-6-11(7-10)19-3/h4-7H,1-3H3,(H3,14,15,16,17,18). The third kappa shape index (κ3) is 3.04. The van der Waals surface area contributed by atoms with Gasteiger partial charge in [-0.1, -0.05) is 6.07 Å². The van der Waals surface area contributed by atoms with E-state index in [1.807, 2.05) is 19.9 Å². The van der Waals surface area contributed by atoms with Crippen molar-refractivity contribution < 1.29 is 9.53 Å². The zero-order valence-corrected chi connectivity index (χ0v) is 11.1. The third-order valence-electron chi connectivity index (χ3n) is 2.81. The van der Waals surface area contributed by atoms with Gasteiger partial charge in [-0.15, -0.1) is 0 Å². The molecule has 6 nitrogen and oxygen atoms in total. The first-order valence-electron chi connectivity index (χ1n) is 5.84. The number of aromatic amines is 1. The Morgan fingerprint density at radius 2 is 2.11 bits per heavy atom. The zero-order valence-electron chi connectivity index (χ0n) is 11.1. The van der Waals surface area contributed by atoms with Crippen LogP contribution in [0, 0.1) is 13.8 Å². The largest absolute Gasteiger partial charge is 0.497 e. The Balaban J connectivity index is 2.03. The molecule has 0 radical (unpaired) electrons. The molecule has 0 saturated carbocycles. The lowest BCUT2D eigenvalue weighted by Crippen LogP contribution is -2.20. The predicted octanol–water partition coefficient (Wildman–Crippen LogP) is 2.68. The maximum atomic E-state index is 11.8. The average Bonchev–Trinajstić information content (AvgIpc) is 2.71. The number of methoxy groups -OCH3 is 1. The molecule has 1 aromatic carbocycles. The molecule has 3 N–H and O–H groups in total. The number of carbonyl (C=O) groups is 1. The minimum absolute atomic E-state index is 0.345. The lowest BCUT2D eigenvalue weighted by atomic mass is 10.3. The molecule has 0 unspecified atom stereocenters. The first-order chi connectivity index (χ1) is 9.10. The van der Waals surface area contributed by atoms with Crippen LogP contribution >= 0.6 is 0 Å². The topological polar surface area (TPSA) is 79.0 Å². The predicted molar refractivity (Wildman–Crippen MR) is 73.7 cm³/mol. The second-order valence-corrected chi connectivity index (χ2v) is 4.13. The van der Waals surface area contributed by atoms with E-state index in [0.29, 0.717) is 17.3 Å². The van der Waals surface area contributed by atoms with Crippen molar-refractivity contribution in [1.82, 2.24) is 10.2 Å². The highest BCUT2D eigenvalue weighted by Crippen LogP contribution is 2.18. The summed E-state index contributed by atoms with van der Waals surface area (Å²) in [5, 5.41) is 12.2. The molecule has 2 rings (SSSR count). The number of H-pyrrole nitrogens is 1. The molecular weight excluding hydrogens is 244 g/mol. The van der Waals surface area contributed by atoms with Gasteiger partial charge in [-0.25, -0.2) is 4.79 Å². The summed E-state index contributed by atoms with van der Waals surface area (Å²) in [5.74, 6) is 1.21. The number of aryl methyl sites for hydroxylation is 1. The minimum atomic E-state index is -0.345. The van der Waals surface area contributed by atoms with E-state index in [-0.39, 0.29) is 6.03 Å². The number of hydrogen-bond acceptors (Lipinski definition) is 3. The van der Waals surface area contributed by atoms with Crippen LogP contribution in [-0.2, 0) is 0 Å². The molecule has 19 heavy (non-hydrogen) atoms. The van der Waals surface area contributed by atoms with E-state index < -0.39 is 0 Å². The monoisotopic (exact) mass is 260 g/mol. The summed E-state index contributed by atoms with van der Waals surface area (Å²) in [5.41, 5.74) is 2.50. The zero-order chi connectivity index (χ0) is 13.8. The molecule has 0 fully saturated rings. The van der Waals surface area contributed by atoms with Gasteiger partial charge in [-0.3, -0.25) is 10.4 Å². The number of urea groups is 1. The molecule has 0 aliphatic carbocycles. The fraction of sp³-hybridized carbons (Fsp3) is 0.231. The van der Waals surface area contributed by atoms with E-state index >= 15 is 0 Å². The number of rotatable bonds is 3. The van der Waals surface area contributed by atoms with Crippen molar-refractivity contribution in [1.29, 1.82) is 0 Å². The first-order valence-corrected chi connectivity index (χ1v) is 5.84. The normalized spacial score (nSPS) is 10.1. The van der Waals surface area contributed by atoms with Gasteiger partial charge in [0.05, 0.1) is 7.11 Å². The van der Waals surface area contributed by atoms with Gasteiger partial charge < -0.3 is 10.1 Å². The van der Waals surface area contributed by atoms with E-state index in [0.717, 1.165) is 11.3 Å². The maximum Gasteiger partial charge on any atom is 0.324 e. The number of nitrogens with one attached hydrogen (secondary N) is 3. The molecule has 1 aromatic heterocycles. The minimum Gasteiger partial charge on any atom is -0.497 e. The average molecular weight is 260 g/mol. The molecule has 2 aromatic rings. The van der Waals surface area contributed by atoms with Crippen molar-refractivity contribution in [3.8, 4) is 5.75 Å². The van der Waals surface area contributed by atoms with Crippen LogP contribution in [0.4, 0.5) is 16.3 Å². The van der Waals surface area contributed by atoms with Crippen molar-refractivity contribution in [2.24, 2.45) is 0 Å². The summed E-state index contributed by atoms with van der Waals surface area (Å²) < 4.78 is 5.09.